The average molecular weight is 291 g/mol. The topological polar surface area (TPSA) is 58.4 Å². The smallest absolute Gasteiger partial charge is 0.252 e. The molecule has 1 aromatic rings. The van der Waals surface area contributed by atoms with Crippen LogP contribution >= 0.6 is 0 Å². The van der Waals surface area contributed by atoms with Crippen molar-refractivity contribution in [1.29, 1.82) is 0 Å². The second kappa shape index (κ2) is 7.21. The molecule has 5 heteroatoms. The Morgan fingerprint density at radius 1 is 1.43 bits per heavy atom. The summed E-state index contributed by atoms with van der Waals surface area (Å²) in [5.74, 6) is 4.67. The van der Waals surface area contributed by atoms with Gasteiger partial charge in [-0.1, -0.05) is 11.8 Å². The van der Waals surface area contributed by atoms with E-state index in [2.05, 4.69) is 17.2 Å². The van der Waals surface area contributed by atoms with E-state index < -0.39 is 5.82 Å². The van der Waals surface area contributed by atoms with Crippen molar-refractivity contribution in [3.63, 3.8) is 0 Å². The fraction of sp³-hybridized carbons (Fsp3) is 0.438. The number of hydrogen-bond acceptors (Lipinski definition) is 3. The summed E-state index contributed by atoms with van der Waals surface area (Å²) in [6.45, 7) is 4.67. The lowest BCUT2D eigenvalue weighted by atomic mass is 10.0. The van der Waals surface area contributed by atoms with Gasteiger partial charge in [-0.3, -0.25) is 4.79 Å². The van der Waals surface area contributed by atoms with Gasteiger partial charge in [-0.05, 0) is 46.1 Å². The fourth-order valence-corrected chi connectivity index (χ4v) is 1.51. The largest absolute Gasteiger partial charge is 0.350 e. The Kier molecular flexibility index (Phi) is 5.89. The third-order valence-electron chi connectivity index (χ3n) is 3.44. The number of carbonyl (C=O) groups excluding carboxylic acids is 1. The van der Waals surface area contributed by atoms with Crippen LogP contribution in [0.25, 0.3) is 0 Å². The molecule has 4 nitrogen and oxygen atoms in total. The lowest BCUT2D eigenvalue weighted by molar-refractivity contribution is 0.0919. The number of benzene rings is 1. The normalized spacial score (nSPS) is 11.0. The Morgan fingerprint density at radius 2 is 2.10 bits per heavy atom. The van der Waals surface area contributed by atoms with Crippen molar-refractivity contribution >= 4 is 5.91 Å². The van der Waals surface area contributed by atoms with Crippen molar-refractivity contribution in [2.45, 2.75) is 19.4 Å². The molecule has 3 N–H and O–H groups in total. The van der Waals surface area contributed by atoms with Crippen LogP contribution in [0.4, 0.5) is 4.39 Å². The molecule has 0 unspecified atom stereocenters. The summed E-state index contributed by atoms with van der Waals surface area (Å²) >= 11 is 0. The summed E-state index contributed by atoms with van der Waals surface area (Å²) in [5, 5.41) is 2.85. The molecule has 0 radical (unpaired) electrons. The van der Waals surface area contributed by atoms with Gasteiger partial charge in [0.25, 0.3) is 5.91 Å². The number of rotatable bonds is 4. The monoisotopic (exact) mass is 291 g/mol. The predicted octanol–water partition coefficient (Wildman–Crippen LogP) is 1.21. The van der Waals surface area contributed by atoms with Crippen molar-refractivity contribution in [2.75, 3.05) is 27.2 Å². The second-order valence-corrected chi connectivity index (χ2v) is 5.59. The average Bonchev–Trinajstić information content (AvgIpc) is 2.42. The molecule has 0 aliphatic heterocycles. The number of nitrogens with zero attached hydrogens (tertiary/aromatic N) is 1. The van der Waals surface area contributed by atoms with E-state index in [1.807, 2.05) is 32.8 Å². The first-order chi connectivity index (χ1) is 9.77. The lowest BCUT2D eigenvalue weighted by Crippen LogP contribution is -2.48. The van der Waals surface area contributed by atoms with E-state index in [1.54, 1.807) is 0 Å². The maximum Gasteiger partial charge on any atom is 0.252 e. The van der Waals surface area contributed by atoms with E-state index >= 15 is 0 Å². The number of amides is 1. The molecule has 0 heterocycles. The number of hydrogen-bond donors (Lipinski definition) is 2. The summed E-state index contributed by atoms with van der Waals surface area (Å²) < 4.78 is 13.3. The molecule has 1 amide bonds. The first-order valence-corrected chi connectivity index (χ1v) is 6.72. The van der Waals surface area contributed by atoms with Crippen molar-refractivity contribution < 1.29 is 9.18 Å². The van der Waals surface area contributed by atoms with Gasteiger partial charge in [0.05, 0.1) is 12.1 Å². The van der Waals surface area contributed by atoms with Crippen LogP contribution in [-0.2, 0) is 0 Å². The maximum absolute atomic E-state index is 13.3. The van der Waals surface area contributed by atoms with Crippen molar-refractivity contribution in [2.24, 2.45) is 5.73 Å². The molecule has 0 spiro atoms. The van der Waals surface area contributed by atoms with E-state index in [4.69, 9.17) is 5.73 Å². The highest BCUT2D eigenvalue weighted by Crippen LogP contribution is 2.12. The summed E-state index contributed by atoms with van der Waals surface area (Å²) in [6.07, 6.45) is 0. The molecule has 0 aromatic heterocycles. The van der Waals surface area contributed by atoms with Crippen molar-refractivity contribution in [3.8, 4) is 11.8 Å². The quantitative estimate of drug-likeness (QED) is 0.820. The minimum Gasteiger partial charge on any atom is -0.350 e. The Labute approximate surface area is 125 Å². The molecule has 0 fully saturated rings. The standard InChI is InChI=1S/C16H22FN3O/c1-16(2,20(3)4)11-19-15(21)14-8-7-13(17)10-12(14)6-5-9-18/h7-8,10H,9,11,18H2,1-4H3,(H,19,21). The molecular formula is C16H22FN3O. The van der Waals surface area contributed by atoms with E-state index in [0.717, 1.165) is 0 Å². The summed E-state index contributed by atoms with van der Waals surface area (Å²) in [4.78, 5) is 14.3. The molecule has 0 saturated heterocycles. The Balaban J connectivity index is 2.93. The highest BCUT2D eigenvalue weighted by atomic mass is 19.1. The number of likely N-dealkylation sites (N-methyl/N-ethyl adjacent to an activating group) is 1. The van der Waals surface area contributed by atoms with Gasteiger partial charge in [-0.15, -0.1) is 0 Å². The van der Waals surface area contributed by atoms with E-state index in [9.17, 15) is 9.18 Å². The van der Waals surface area contributed by atoms with Crippen LogP contribution in [0.5, 0.6) is 0 Å². The van der Waals surface area contributed by atoms with Crippen LogP contribution in [-0.4, -0.2) is 43.5 Å². The number of nitrogens with one attached hydrogen (secondary N) is 1. The van der Waals surface area contributed by atoms with Crippen LogP contribution in [0.1, 0.15) is 29.8 Å². The molecule has 21 heavy (non-hydrogen) atoms. The molecule has 1 aromatic carbocycles. The maximum atomic E-state index is 13.3. The minimum absolute atomic E-state index is 0.158. The molecule has 1 rings (SSSR count). The molecule has 0 atom stereocenters. The third kappa shape index (κ3) is 4.85. The molecule has 0 saturated carbocycles. The third-order valence-corrected chi connectivity index (χ3v) is 3.44. The van der Waals surface area contributed by atoms with Gasteiger partial charge in [-0.25, -0.2) is 4.39 Å². The first-order valence-electron chi connectivity index (χ1n) is 6.72. The zero-order chi connectivity index (χ0) is 16.0. The van der Waals surface area contributed by atoms with Crippen molar-refractivity contribution in [1.82, 2.24) is 10.2 Å². The van der Waals surface area contributed by atoms with Crippen molar-refractivity contribution in [3.05, 3.63) is 35.1 Å². The van der Waals surface area contributed by atoms with Gasteiger partial charge >= 0.3 is 0 Å². The number of halogens is 1. The highest BCUT2D eigenvalue weighted by molar-refractivity contribution is 5.96. The van der Waals surface area contributed by atoms with E-state index in [1.165, 1.54) is 18.2 Å². The Hall–Kier alpha value is -1.90. The summed E-state index contributed by atoms with van der Waals surface area (Å²) in [7, 11) is 3.89. The Morgan fingerprint density at radius 3 is 2.67 bits per heavy atom. The second-order valence-electron chi connectivity index (χ2n) is 5.59. The van der Waals surface area contributed by atoms with Crippen LogP contribution in [0.15, 0.2) is 18.2 Å². The predicted molar refractivity (Wildman–Crippen MR) is 82.4 cm³/mol. The first kappa shape index (κ1) is 17.2. The van der Waals surface area contributed by atoms with Crippen LogP contribution in [0.3, 0.4) is 0 Å². The van der Waals surface area contributed by atoms with Gasteiger partial charge in [0.2, 0.25) is 0 Å². The number of carbonyl (C=O) groups is 1. The fourth-order valence-electron chi connectivity index (χ4n) is 1.51. The van der Waals surface area contributed by atoms with E-state index in [0.29, 0.717) is 17.7 Å². The lowest BCUT2D eigenvalue weighted by Gasteiger charge is -2.32. The minimum atomic E-state index is -0.429. The zero-order valence-electron chi connectivity index (χ0n) is 13.0. The van der Waals surface area contributed by atoms with Crippen LogP contribution < -0.4 is 11.1 Å². The number of nitrogens with two attached hydrogens (primary N) is 1. The zero-order valence-corrected chi connectivity index (χ0v) is 13.0. The summed E-state index contributed by atoms with van der Waals surface area (Å²) in [6, 6.07) is 3.93. The van der Waals surface area contributed by atoms with Gasteiger partial charge < -0.3 is 16.0 Å². The Bertz CT molecular complexity index is 571. The molecule has 0 aliphatic rings. The summed E-state index contributed by atoms with van der Waals surface area (Å²) in [5.41, 5.74) is 5.84. The van der Waals surface area contributed by atoms with Crippen LogP contribution in [0, 0.1) is 17.7 Å². The van der Waals surface area contributed by atoms with Gasteiger partial charge in [-0.2, -0.15) is 0 Å². The highest BCUT2D eigenvalue weighted by Gasteiger charge is 2.22. The van der Waals surface area contributed by atoms with Crippen LogP contribution in [0.2, 0.25) is 0 Å². The molecule has 0 bridgehead atoms. The SMILES string of the molecule is CN(C)C(C)(C)CNC(=O)c1ccc(F)cc1C#CCN. The molecule has 114 valence electrons. The molecular weight excluding hydrogens is 269 g/mol. The molecule has 0 aliphatic carbocycles. The van der Waals surface area contributed by atoms with Gasteiger partial charge in [0.15, 0.2) is 0 Å². The van der Waals surface area contributed by atoms with E-state index in [-0.39, 0.29) is 18.0 Å². The van der Waals surface area contributed by atoms with Gasteiger partial charge in [0.1, 0.15) is 5.82 Å². The van der Waals surface area contributed by atoms with Gasteiger partial charge in [0, 0.05) is 17.6 Å².